The maximum atomic E-state index is 12.3. The van der Waals surface area contributed by atoms with E-state index in [1.54, 1.807) is 0 Å². The van der Waals surface area contributed by atoms with E-state index in [1.165, 1.54) is 0 Å². The number of hydrogen-bond donors (Lipinski definition) is 1. The molecular weight excluding hydrogens is 240 g/mol. The first-order valence-electron chi connectivity index (χ1n) is 7.49. The van der Waals surface area contributed by atoms with Crippen molar-refractivity contribution in [1.29, 1.82) is 0 Å². The molecule has 112 valence electrons. The van der Waals surface area contributed by atoms with E-state index in [0.717, 1.165) is 25.7 Å². The Morgan fingerprint density at radius 1 is 1.21 bits per heavy atom. The maximum absolute atomic E-state index is 12.3. The molecule has 1 unspecified atom stereocenters. The lowest BCUT2D eigenvalue weighted by molar-refractivity contribution is -0.152. The van der Waals surface area contributed by atoms with Crippen molar-refractivity contribution in [3.05, 3.63) is 0 Å². The van der Waals surface area contributed by atoms with Gasteiger partial charge in [-0.05, 0) is 31.1 Å². The second-order valence-corrected chi connectivity index (χ2v) is 7.00. The molecule has 0 bridgehead atoms. The van der Waals surface area contributed by atoms with E-state index in [1.807, 2.05) is 0 Å². The van der Waals surface area contributed by atoms with Crippen molar-refractivity contribution in [3.8, 4) is 0 Å². The van der Waals surface area contributed by atoms with Crippen LogP contribution in [0.15, 0.2) is 0 Å². The minimum absolute atomic E-state index is 0.0943. The summed E-state index contributed by atoms with van der Waals surface area (Å²) in [4.78, 5) is 12.3. The van der Waals surface area contributed by atoms with Crippen LogP contribution >= 0.6 is 0 Å². The number of carbonyl (C=O) groups excluding carboxylic acids is 1. The second-order valence-electron chi connectivity index (χ2n) is 7.00. The molecule has 0 spiro atoms. The van der Waals surface area contributed by atoms with Gasteiger partial charge in [0.1, 0.15) is 6.61 Å². The van der Waals surface area contributed by atoms with Crippen LogP contribution in [0.1, 0.15) is 60.3 Å². The molecule has 0 aliphatic heterocycles. The summed E-state index contributed by atoms with van der Waals surface area (Å²) in [6.07, 6.45) is 3.82. The third kappa shape index (κ3) is 3.03. The largest absolute Gasteiger partial charge is 0.396 e. The van der Waals surface area contributed by atoms with Gasteiger partial charge in [-0.25, -0.2) is 0 Å². The Labute approximate surface area is 117 Å². The number of ketones is 1. The molecule has 0 amide bonds. The zero-order valence-electron chi connectivity index (χ0n) is 13.2. The van der Waals surface area contributed by atoms with Gasteiger partial charge in [0.05, 0.1) is 13.2 Å². The zero-order chi connectivity index (χ0) is 14.7. The van der Waals surface area contributed by atoms with Gasteiger partial charge >= 0.3 is 0 Å². The van der Waals surface area contributed by atoms with Crippen LogP contribution in [0.3, 0.4) is 0 Å². The molecule has 1 rings (SSSR count). The molecular formula is C16H30O3. The predicted molar refractivity (Wildman–Crippen MR) is 77.0 cm³/mol. The summed E-state index contributed by atoms with van der Waals surface area (Å²) in [6.45, 7) is 11.3. The number of aliphatic hydroxyl groups is 1. The van der Waals surface area contributed by atoms with Crippen LogP contribution in [-0.2, 0) is 9.53 Å². The topological polar surface area (TPSA) is 46.5 Å². The molecule has 0 saturated heterocycles. The van der Waals surface area contributed by atoms with Crippen molar-refractivity contribution in [2.45, 2.75) is 60.3 Å². The van der Waals surface area contributed by atoms with Gasteiger partial charge in [0.15, 0.2) is 5.78 Å². The van der Waals surface area contributed by atoms with E-state index in [4.69, 9.17) is 4.74 Å². The molecule has 3 nitrogen and oxygen atoms in total. The van der Waals surface area contributed by atoms with Gasteiger partial charge in [0.25, 0.3) is 0 Å². The average molecular weight is 270 g/mol. The van der Waals surface area contributed by atoms with Crippen LogP contribution < -0.4 is 0 Å². The monoisotopic (exact) mass is 270 g/mol. The number of hydrogen-bond acceptors (Lipinski definition) is 3. The molecule has 0 aromatic heterocycles. The molecule has 0 aromatic carbocycles. The number of carbonyl (C=O) groups is 1. The van der Waals surface area contributed by atoms with Crippen molar-refractivity contribution in [2.75, 3.05) is 19.8 Å². The van der Waals surface area contributed by atoms with Gasteiger partial charge in [-0.15, -0.1) is 0 Å². The third-order valence-electron chi connectivity index (χ3n) is 5.84. The van der Waals surface area contributed by atoms with Crippen LogP contribution in [-0.4, -0.2) is 30.7 Å². The quantitative estimate of drug-likeness (QED) is 0.736. The second kappa shape index (κ2) is 5.92. The highest BCUT2D eigenvalue weighted by atomic mass is 16.5. The average Bonchev–Trinajstić information content (AvgIpc) is 2.41. The number of ether oxygens (including phenoxy) is 1. The van der Waals surface area contributed by atoms with Crippen LogP contribution in [0.2, 0.25) is 0 Å². The molecule has 1 aliphatic rings. The summed E-state index contributed by atoms with van der Waals surface area (Å²) in [5.74, 6) is 0.211. The third-order valence-corrected chi connectivity index (χ3v) is 5.84. The fraction of sp³-hybridized carbons (Fsp3) is 0.938. The molecule has 3 heteroatoms. The van der Waals surface area contributed by atoms with Crippen molar-refractivity contribution in [3.63, 3.8) is 0 Å². The smallest absolute Gasteiger partial charge is 0.164 e. The lowest BCUT2D eigenvalue weighted by Gasteiger charge is -2.53. The Hall–Kier alpha value is -0.410. The fourth-order valence-electron chi connectivity index (χ4n) is 2.76. The van der Waals surface area contributed by atoms with Crippen LogP contribution in [0.5, 0.6) is 0 Å². The van der Waals surface area contributed by atoms with Crippen LogP contribution in [0.4, 0.5) is 0 Å². The molecule has 1 N–H and O–H groups in total. The summed E-state index contributed by atoms with van der Waals surface area (Å²) < 4.78 is 5.64. The zero-order valence-corrected chi connectivity index (χ0v) is 13.2. The Morgan fingerprint density at radius 3 is 2.11 bits per heavy atom. The minimum atomic E-state index is -0.229. The lowest BCUT2D eigenvalue weighted by atomic mass is 9.50. The first kappa shape index (κ1) is 16.6. The Bertz CT molecular complexity index is 310. The molecule has 1 saturated carbocycles. The van der Waals surface area contributed by atoms with Gasteiger partial charge in [0, 0.05) is 10.8 Å². The lowest BCUT2D eigenvalue weighted by Crippen LogP contribution is -2.52. The maximum Gasteiger partial charge on any atom is 0.164 e. The standard InChI is InChI=1S/C16H30O3/c1-6-16(7-2,11-17)12-19-10-13(18)15(5)9-8-14(15,3)4/h17H,6-12H2,1-5H3. The highest BCUT2D eigenvalue weighted by Crippen LogP contribution is 2.56. The molecule has 1 aliphatic carbocycles. The van der Waals surface area contributed by atoms with Crippen molar-refractivity contribution >= 4 is 5.78 Å². The number of aliphatic hydroxyl groups excluding tert-OH is 1. The fourth-order valence-corrected chi connectivity index (χ4v) is 2.76. The molecule has 1 fully saturated rings. The van der Waals surface area contributed by atoms with E-state index in [2.05, 4.69) is 34.6 Å². The van der Waals surface area contributed by atoms with Crippen molar-refractivity contribution in [2.24, 2.45) is 16.2 Å². The van der Waals surface area contributed by atoms with E-state index in [-0.39, 0.29) is 35.2 Å². The number of Topliss-reactive ketones (excluding diaryl/α,β-unsaturated/α-hetero) is 1. The van der Waals surface area contributed by atoms with Crippen LogP contribution in [0.25, 0.3) is 0 Å². The Kier molecular flexibility index (Phi) is 5.19. The van der Waals surface area contributed by atoms with E-state index >= 15 is 0 Å². The predicted octanol–water partition coefficient (Wildman–Crippen LogP) is 3.20. The number of rotatable bonds is 8. The van der Waals surface area contributed by atoms with Crippen molar-refractivity contribution < 1.29 is 14.6 Å². The highest BCUT2D eigenvalue weighted by Gasteiger charge is 2.53. The highest BCUT2D eigenvalue weighted by molar-refractivity contribution is 5.87. The first-order valence-corrected chi connectivity index (χ1v) is 7.49. The summed E-state index contributed by atoms with van der Waals surface area (Å²) in [5, 5.41) is 9.48. The summed E-state index contributed by atoms with van der Waals surface area (Å²) >= 11 is 0. The van der Waals surface area contributed by atoms with Gasteiger partial charge in [-0.1, -0.05) is 34.6 Å². The van der Waals surface area contributed by atoms with Gasteiger partial charge in [-0.3, -0.25) is 4.79 Å². The normalized spacial score (nSPS) is 26.0. The van der Waals surface area contributed by atoms with Crippen LogP contribution in [0, 0.1) is 16.2 Å². The Balaban J connectivity index is 2.48. The molecule has 19 heavy (non-hydrogen) atoms. The van der Waals surface area contributed by atoms with Gasteiger partial charge in [-0.2, -0.15) is 0 Å². The minimum Gasteiger partial charge on any atom is -0.396 e. The van der Waals surface area contributed by atoms with E-state index in [0.29, 0.717) is 6.61 Å². The first-order chi connectivity index (χ1) is 8.77. The molecule has 0 aromatic rings. The summed E-state index contributed by atoms with van der Waals surface area (Å²) in [6, 6.07) is 0. The Morgan fingerprint density at radius 2 is 1.79 bits per heavy atom. The molecule has 0 heterocycles. The molecule has 0 radical (unpaired) electrons. The molecule has 1 atom stereocenters. The van der Waals surface area contributed by atoms with Crippen molar-refractivity contribution in [1.82, 2.24) is 0 Å². The van der Waals surface area contributed by atoms with E-state index < -0.39 is 0 Å². The van der Waals surface area contributed by atoms with Gasteiger partial charge < -0.3 is 9.84 Å². The summed E-state index contributed by atoms with van der Waals surface area (Å²) in [7, 11) is 0. The SMILES string of the molecule is CCC(CC)(CO)COCC(=O)C1(C)CCC1(C)C. The van der Waals surface area contributed by atoms with E-state index in [9.17, 15) is 9.90 Å². The summed E-state index contributed by atoms with van der Waals surface area (Å²) in [5.41, 5.74) is -0.319. The van der Waals surface area contributed by atoms with Gasteiger partial charge in [0.2, 0.25) is 0 Å².